The lowest BCUT2D eigenvalue weighted by Gasteiger charge is -2.06. The van der Waals surface area contributed by atoms with Gasteiger partial charge in [0.1, 0.15) is 0 Å². The Balaban J connectivity index is 4.20. The molecule has 0 N–H and O–H groups in total. The Morgan fingerprint density at radius 2 is 2.17 bits per heavy atom. The van der Waals surface area contributed by atoms with Crippen LogP contribution in [0.5, 0.6) is 0 Å². The van der Waals surface area contributed by atoms with E-state index in [2.05, 4.69) is 25.8 Å². The van der Waals surface area contributed by atoms with Crippen molar-refractivity contribution >= 4 is 14.3 Å². The van der Waals surface area contributed by atoms with E-state index in [1.165, 1.54) is 6.42 Å². The van der Waals surface area contributed by atoms with Gasteiger partial charge in [-0.05, 0) is 18.5 Å². The number of allylic oxidation sites excluding steroid dienone is 2. The summed E-state index contributed by atoms with van der Waals surface area (Å²) < 4.78 is 5.57. The summed E-state index contributed by atoms with van der Waals surface area (Å²) in [5.41, 5.74) is 2.25. The summed E-state index contributed by atoms with van der Waals surface area (Å²) in [5.74, 6) is 0. The maximum atomic E-state index is 5.57. The molecule has 0 aromatic heterocycles. The minimum absolute atomic E-state index is 0.765. The maximum Gasteiger partial charge on any atom is 0.263 e. The quantitative estimate of drug-likeness (QED) is 0.453. The number of unbranched alkanes of at least 4 members (excludes halogenated alkanes) is 1. The second-order valence-electron chi connectivity index (χ2n) is 2.52. The molecule has 0 amide bonds. The first-order chi connectivity index (χ1) is 5.76. The molecule has 68 valence electrons. The van der Waals surface area contributed by atoms with Gasteiger partial charge in [-0.2, -0.15) is 0 Å². The average molecular weight is 182 g/mol. The predicted molar refractivity (Wildman–Crippen MR) is 57.7 cm³/mol. The summed E-state index contributed by atoms with van der Waals surface area (Å²) in [7, 11) is -0.924. The molecule has 0 aliphatic rings. The van der Waals surface area contributed by atoms with Gasteiger partial charge in [-0.3, -0.25) is 0 Å². The molecule has 0 unspecified atom stereocenters. The molecule has 0 radical (unpaired) electrons. The minimum Gasteiger partial charge on any atom is -0.547 e. The Morgan fingerprint density at radius 1 is 1.50 bits per heavy atom. The highest BCUT2D eigenvalue weighted by Gasteiger charge is 2.00. The van der Waals surface area contributed by atoms with Crippen molar-refractivity contribution in [3.63, 3.8) is 0 Å². The van der Waals surface area contributed by atoms with Crippen LogP contribution in [0.4, 0.5) is 0 Å². The van der Waals surface area contributed by atoms with Crippen molar-refractivity contribution in [3.8, 4) is 0 Å². The summed E-state index contributed by atoms with van der Waals surface area (Å²) >= 11 is 0. The van der Waals surface area contributed by atoms with Crippen molar-refractivity contribution in [1.29, 1.82) is 0 Å². The highest BCUT2D eigenvalue weighted by Crippen LogP contribution is 1.95. The lowest BCUT2D eigenvalue weighted by molar-refractivity contribution is 0.362. The third-order valence-corrected chi connectivity index (χ3v) is 3.58. The van der Waals surface area contributed by atoms with Crippen molar-refractivity contribution < 1.29 is 4.43 Å². The van der Waals surface area contributed by atoms with Crippen molar-refractivity contribution in [2.45, 2.75) is 26.7 Å². The van der Waals surface area contributed by atoms with E-state index in [0.717, 1.165) is 18.2 Å². The van der Waals surface area contributed by atoms with Crippen LogP contribution in [-0.4, -0.2) is 20.9 Å². The van der Waals surface area contributed by atoms with Crippen LogP contribution >= 0.6 is 0 Å². The van der Waals surface area contributed by atoms with Crippen molar-refractivity contribution in [2.75, 3.05) is 6.61 Å². The molecule has 0 spiro atoms. The van der Waals surface area contributed by atoms with Gasteiger partial charge in [0.05, 0.1) is 6.61 Å². The molecule has 0 fully saturated rings. The normalized spacial score (nSPS) is 11.0. The Morgan fingerprint density at radius 3 is 2.58 bits per heavy atom. The summed E-state index contributed by atoms with van der Waals surface area (Å²) in [6, 6.07) is 0. The van der Waals surface area contributed by atoms with Gasteiger partial charge in [-0.15, -0.1) is 0 Å². The van der Waals surface area contributed by atoms with Crippen LogP contribution in [0, 0.1) is 0 Å². The van der Waals surface area contributed by atoms with Crippen LogP contribution in [0.3, 0.4) is 0 Å². The lowest BCUT2D eigenvalue weighted by atomic mass is 10.4. The average Bonchev–Trinajstić information content (AvgIpc) is 2.11. The maximum absolute atomic E-state index is 5.57. The SMILES string of the molecule is C=CC(=C)[Si](=CCCC)OCC. The van der Waals surface area contributed by atoms with E-state index in [9.17, 15) is 0 Å². The number of hydrogen-bond donors (Lipinski definition) is 0. The largest absolute Gasteiger partial charge is 0.547 e. The van der Waals surface area contributed by atoms with Crippen molar-refractivity contribution in [2.24, 2.45) is 0 Å². The first kappa shape index (κ1) is 11.4. The first-order valence-corrected chi connectivity index (χ1v) is 5.89. The van der Waals surface area contributed by atoms with Gasteiger partial charge in [0.15, 0.2) is 0 Å². The molecule has 12 heavy (non-hydrogen) atoms. The fraction of sp³-hybridized carbons (Fsp3) is 0.500. The van der Waals surface area contributed by atoms with E-state index in [4.69, 9.17) is 4.43 Å². The third-order valence-electron chi connectivity index (χ3n) is 1.48. The molecule has 0 aromatic carbocycles. The highest BCUT2D eigenvalue weighted by molar-refractivity contribution is 6.67. The fourth-order valence-corrected chi connectivity index (χ4v) is 2.44. The zero-order valence-corrected chi connectivity index (χ0v) is 9.10. The molecular formula is C10H18OSi. The predicted octanol–water partition coefficient (Wildman–Crippen LogP) is 2.48. The van der Waals surface area contributed by atoms with Crippen LogP contribution in [0.15, 0.2) is 24.4 Å². The summed E-state index contributed by atoms with van der Waals surface area (Å²) in [6.45, 7) is 12.6. The molecule has 0 rings (SSSR count). The molecular weight excluding hydrogens is 164 g/mol. The van der Waals surface area contributed by atoms with Crippen LogP contribution in [0.25, 0.3) is 0 Å². The molecule has 2 heteroatoms. The van der Waals surface area contributed by atoms with Gasteiger partial charge < -0.3 is 4.43 Å². The highest BCUT2D eigenvalue weighted by atomic mass is 28.3. The molecule has 0 saturated heterocycles. The Labute approximate surface area is 77.1 Å². The summed E-state index contributed by atoms with van der Waals surface area (Å²) in [5, 5.41) is 1.05. The second kappa shape index (κ2) is 7.04. The molecule has 0 atom stereocenters. The minimum atomic E-state index is -0.924. The first-order valence-electron chi connectivity index (χ1n) is 4.40. The topological polar surface area (TPSA) is 9.23 Å². The molecule has 0 saturated carbocycles. The Hall–Kier alpha value is -0.633. The fourth-order valence-electron chi connectivity index (χ4n) is 0.814. The third kappa shape index (κ3) is 4.29. The van der Waals surface area contributed by atoms with Gasteiger partial charge in [0.2, 0.25) is 0 Å². The zero-order chi connectivity index (χ0) is 9.40. The van der Waals surface area contributed by atoms with E-state index in [0.29, 0.717) is 0 Å². The van der Waals surface area contributed by atoms with Crippen LogP contribution in [0.2, 0.25) is 0 Å². The van der Waals surface area contributed by atoms with Gasteiger partial charge in [-0.1, -0.05) is 38.3 Å². The molecule has 0 bridgehead atoms. The van der Waals surface area contributed by atoms with E-state index >= 15 is 0 Å². The van der Waals surface area contributed by atoms with Gasteiger partial charge in [-0.25, -0.2) is 0 Å². The van der Waals surface area contributed by atoms with Crippen LogP contribution in [0.1, 0.15) is 26.7 Å². The van der Waals surface area contributed by atoms with Gasteiger partial charge in [0.25, 0.3) is 8.65 Å². The van der Waals surface area contributed by atoms with Crippen LogP contribution < -0.4 is 0 Å². The molecule has 0 aromatic rings. The lowest BCUT2D eigenvalue weighted by Crippen LogP contribution is -2.13. The Kier molecular flexibility index (Phi) is 6.67. The van der Waals surface area contributed by atoms with Crippen LogP contribution in [-0.2, 0) is 4.43 Å². The number of hydrogen-bond acceptors (Lipinski definition) is 1. The number of rotatable bonds is 6. The van der Waals surface area contributed by atoms with Gasteiger partial charge in [0, 0.05) is 0 Å². The van der Waals surface area contributed by atoms with E-state index in [1.807, 2.05) is 6.92 Å². The molecule has 0 aliphatic carbocycles. The smallest absolute Gasteiger partial charge is 0.263 e. The molecule has 0 aliphatic heterocycles. The monoisotopic (exact) mass is 182 g/mol. The van der Waals surface area contributed by atoms with E-state index < -0.39 is 8.65 Å². The summed E-state index contributed by atoms with van der Waals surface area (Å²) in [4.78, 5) is 0. The second-order valence-corrected chi connectivity index (χ2v) is 4.59. The molecule has 0 heterocycles. The van der Waals surface area contributed by atoms with Crippen molar-refractivity contribution in [1.82, 2.24) is 0 Å². The standard InChI is InChI=1S/C10H18OSi/c1-5-8-9-12(11-7-3)10(4)6-2/h6,9H,2,4-5,7-8H2,1,3H3. The van der Waals surface area contributed by atoms with Gasteiger partial charge >= 0.3 is 0 Å². The van der Waals surface area contributed by atoms with E-state index in [1.54, 1.807) is 6.08 Å². The van der Waals surface area contributed by atoms with Crippen molar-refractivity contribution in [3.05, 3.63) is 24.4 Å². The summed E-state index contributed by atoms with van der Waals surface area (Å²) in [6.07, 6.45) is 4.09. The van der Waals surface area contributed by atoms with E-state index in [-0.39, 0.29) is 0 Å². The molecule has 1 nitrogen and oxygen atoms in total. The Bertz CT molecular complexity index is 182. The zero-order valence-electron chi connectivity index (χ0n) is 8.10.